The minimum Gasteiger partial charge on any atom is -0.316 e. The Morgan fingerprint density at radius 3 is 2.00 bits per heavy atom. The molecule has 114 valence electrons. The Labute approximate surface area is 126 Å². The van der Waals surface area contributed by atoms with Crippen molar-refractivity contribution < 1.29 is 0 Å². The summed E-state index contributed by atoms with van der Waals surface area (Å²) in [4.78, 5) is 0. The van der Waals surface area contributed by atoms with Crippen LogP contribution in [0, 0.1) is 5.92 Å². The maximum Gasteiger partial charge on any atom is 0.00227 e. The fourth-order valence-electron chi connectivity index (χ4n) is 2.87. The zero-order valence-corrected chi connectivity index (χ0v) is 14.1. The molecule has 20 heavy (non-hydrogen) atoms. The standard InChI is InChI=1S/C19H33N/c1-6-8-16(5)19(14-20-13-7-2)18-11-9-17(10-12-18)15(3)4/h9-12,15-16,19-20H,6-8,13-14H2,1-5H3. The van der Waals surface area contributed by atoms with Gasteiger partial charge in [0.1, 0.15) is 0 Å². The first-order chi connectivity index (χ1) is 9.60. The van der Waals surface area contributed by atoms with Crippen LogP contribution in [0.2, 0.25) is 0 Å². The quantitative estimate of drug-likeness (QED) is 0.601. The van der Waals surface area contributed by atoms with Gasteiger partial charge in [0.2, 0.25) is 0 Å². The topological polar surface area (TPSA) is 12.0 Å². The molecule has 2 atom stereocenters. The van der Waals surface area contributed by atoms with E-state index in [-0.39, 0.29) is 0 Å². The summed E-state index contributed by atoms with van der Waals surface area (Å²) in [6.07, 6.45) is 3.79. The first kappa shape index (κ1) is 17.2. The fraction of sp³-hybridized carbons (Fsp3) is 0.684. The molecular weight excluding hydrogens is 242 g/mol. The minimum absolute atomic E-state index is 0.619. The van der Waals surface area contributed by atoms with E-state index in [0.29, 0.717) is 11.8 Å². The van der Waals surface area contributed by atoms with Gasteiger partial charge in [-0.2, -0.15) is 0 Å². The third kappa shape index (κ3) is 5.28. The van der Waals surface area contributed by atoms with Crippen LogP contribution in [0.4, 0.5) is 0 Å². The van der Waals surface area contributed by atoms with Gasteiger partial charge in [-0.25, -0.2) is 0 Å². The summed E-state index contributed by atoms with van der Waals surface area (Å²) >= 11 is 0. The van der Waals surface area contributed by atoms with Gasteiger partial charge < -0.3 is 5.32 Å². The molecular formula is C19H33N. The van der Waals surface area contributed by atoms with Crippen LogP contribution in [0.3, 0.4) is 0 Å². The molecule has 0 aromatic heterocycles. The molecule has 0 heterocycles. The van der Waals surface area contributed by atoms with E-state index < -0.39 is 0 Å². The van der Waals surface area contributed by atoms with Gasteiger partial charge in [0, 0.05) is 6.54 Å². The number of hydrogen-bond acceptors (Lipinski definition) is 1. The lowest BCUT2D eigenvalue weighted by molar-refractivity contribution is 0.404. The molecule has 0 aliphatic carbocycles. The normalized spacial score (nSPS) is 14.5. The SMILES string of the molecule is CCCNCC(c1ccc(C(C)C)cc1)C(C)CCC. The molecule has 1 aromatic carbocycles. The van der Waals surface area contributed by atoms with Crippen molar-refractivity contribution in [2.24, 2.45) is 5.92 Å². The Morgan fingerprint density at radius 2 is 1.50 bits per heavy atom. The van der Waals surface area contributed by atoms with E-state index in [1.54, 1.807) is 0 Å². The van der Waals surface area contributed by atoms with Crippen molar-refractivity contribution in [3.63, 3.8) is 0 Å². The van der Waals surface area contributed by atoms with Gasteiger partial charge in [-0.15, -0.1) is 0 Å². The van der Waals surface area contributed by atoms with Crippen LogP contribution in [-0.4, -0.2) is 13.1 Å². The predicted octanol–water partition coefficient (Wildman–Crippen LogP) is 5.33. The summed E-state index contributed by atoms with van der Waals surface area (Å²) in [6, 6.07) is 9.32. The van der Waals surface area contributed by atoms with E-state index in [0.717, 1.165) is 19.0 Å². The lowest BCUT2D eigenvalue weighted by Crippen LogP contribution is -2.26. The second-order valence-electron chi connectivity index (χ2n) is 6.40. The average molecular weight is 275 g/mol. The van der Waals surface area contributed by atoms with Gasteiger partial charge in [0.25, 0.3) is 0 Å². The van der Waals surface area contributed by atoms with Crippen LogP contribution in [-0.2, 0) is 0 Å². The fourth-order valence-corrected chi connectivity index (χ4v) is 2.87. The van der Waals surface area contributed by atoms with Crippen LogP contribution in [0.1, 0.15) is 76.8 Å². The summed E-state index contributed by atoms with van der Waals surface area (Å²) in [5.41, 5.74) is 2.94. The van der Waals surface area contributed by atoms with E-state index in [9.17, 15) is 0 Å². The van der Waals surface area contributed by atoms with Gasteiger partial charge in [0.15, 0.2) is 0 Å². The van der Waals surface area contributed by atoms with E-state index in [1.807, 2.05) is 0 Å². The number of rotatable bonds is 9. The molecule has 1 N–H and O–H groups in total. The molecule has 1 aromatic rings. The molecule has 0 spiro atoms. The van der Waals surface area contributed by atoms with Crippen molar-refractivity contribution >= 4 is 0 Å². The maximum absolute atomic E-state index is 3.61. The Hall–Kier alpha value is -0.820. The maximum atomic E-state index is 3.61. The lowest BCUT2D eigenvalue weighted by Gasteiger charge is -2.25. The van der Waals surface area contributed by atoms with Crippen molar-refractivity contribution in [2.75, 3.05) is 13.1 Å². The molecule has 1 heteroatoms. The Kier molecular flexibility index (Phi) is 7.91. The zero-order chi connectivity index (χ0) is 15.0. The molecule has 1 rings (SSSR count). The summed E-state index contributed by atoms with van der Waals surface area (Å²) in [7, 11) is 0. The third-order valence-corrected chi connectivity index (χ3v) is 4.25. The van der Waals surface area contributed by atoms with Crippen LogP contribution < -0.4 is 5.32 Å². The molecule has 0 amide bonds. The van der Waals surface area contributed by atoms with Crippen molar-refractivity contribution in [1.29, 1.82) is 0 Å². The number of benzene rings is 1. The number of nitrogens with one attached hydrogen (secondary N) is 1. The van der Waals surface area contributed by atoms with Gasteiger partial charge in [-0.05, 0) is 41.8 Å². The molecule has 0 fully saturated rings. The highest BCUT2D eigenvalue weighted by molar-refractivity contribution is 5.27. The molecule has 0 saturated carbocycles. The molecule has 0 radical (unpaired) electrons. The summed E-state index contributed by atoms with van der Waals surface area (Å²) in [5.74, 6) is 2.01. The van der Waals surface area contributed by atoms with E-state index >= 15 is 0 Å². The highest BCUT2D eigenvalue weighted by atomic mass is 14.9. The molecule has 0 aliphatic rings. The van der Waals surface area contributed by atoms with E-state index in [2.05, 4.69) is 64.2 Å². The third-order valence-electron chi connectivity index (χ3n) is 4.25. The molecule has 0 saturated heterocycles. The molecule has 0 aliphatic heterocycles. The first-order valence-corrected chi connectivity index (χ1v) is 8.40. The second-order valence-corrected chi connectivity index (χ2v) is 6.40. The zero-order valence-electron chi connectivity index (χ0n) is 14.1. The summed E-state index contributed by atoms with van der Waals surface area (Å²) in [5, 5.41) is 3.61. The van der Waals surface area contributed by atoms with Gasteiger partial charge in [-0.3, -0.25) is 0 Å². The van der Waals surface area contributed by atoms with Gasteiger partial charge in [0.05, 0.1) is 0 Å². The van der Waals surface area contributed by atoms with Crippen molar-refractivity contribution in [3.8, 4) is 0 Å². The van der Waals surface area contributed by atoms with Crippen LogP contribution in [0.5, 0.6) is 0 Å². The lowest BCUT2D eigenvalue weighted by atomic mass is 9.83. The first-order valence-electron chi connectivity index (χ1n) is 8.40. The van der Waals surface area contributed by atoms with Gasteiger partial charge in [-0.1, -0.05) is 71.7 Å². The second kappa shape index (κ2) is 9.18. The minimum atomic E-state index is 0.619. The highest BCUT2D eigenvalue weighted by Crippen LogP contribution is 2.28. The smallest absolute Gasteiger partial charge is 0.00227 e. The van der Waals surface area contributed by atoms with E-state index in [1.165, 1.54) is 30.4 Å². The van der Waals surface area contributed by atoms with Crippen LogP contribution in [0.15, 0.2) is 24.3 Å². The van der Waals surface area contributed by atoms with Crippen molar-refractivity contribution in [2.45, 2.75) is 65.7 Å². The van der Waals surface area contributed by atoms with Crippen LogP contribution in [0.25, 0.3) is 0 Å². The molecule has 0 bridgehead atoms. The van der Waals surface area contributed by atoms with Crippen molar-refractivity contribution in [3.05, 3.63) is 35.4 Å². The number of hydrogen-bond donors (Lipinski definition) is 1. The largest absolute Gasteiger partial charge is 0.316 e. The average Bonchev–Trinajstić information content (AvgIpc) is 2.44. The monoisotopic (exact) mass is 275 g/mol. The Morgan fingerprint density at radius 1 is 0.900 bits per heavy atom. The summed E-state index contributed by atoms with van der Waals surface area (Å²) in [6.45, 7) is 13.7. The van der Waals surface area contributed by atoms with Crippen LogP contribution >= 0.6 is 0 Å². The molecule has 2 unspecified atom stereocenters. The van der Waals surface area contributed by atoms with Gasteiger partial charge >= 0.3 is 0 Å². The molecule has 1 nitrogen and oxygen atoms in total. The Balaban J connectivity index is 2.79. The Bertz CT molecular complexity index is 353. The summed E-state index contributed by atoms with van der Waals surface area (Å²) < 4.78 is 0. The van der Waals surface area contributed by atoms with E-state index in [4.69, 9.17) is 0 Å². The highest BCUT2D eigenvalue weighted by Gasteiger charge is 2.18. The predicted molar refractivity (Wildman–Crippen MR) is 90.5 cm³/mol. The van der Waals surface area contributed by atoms with Crippen molar-refractivity contribution in [1.82, 2.24) is 5.32 Å².